The second-order valence-electron chi connectivity index (χ2n) is 4.76. The van der Waals surface area contributed by atoms with Crippen molar-refractivity contribution in [1.29, 1.82) is 0 Å². The van der Waals surface area contributed by atoms with E-state index in [0.29, 0.717) is 10.6 Å². The minimum atomic E-state index is 0.155. The van der Waals surface area contributed by atoms with Crippen molar-refractivity contribution in [2.24, 2.45) is 4.99 Å². The third-order valence-electron chi connectivity index (χ3n) is 3.12. The van der Waals surface area contributed by atoms with Crippen molar-refractivity contribution in [2.75, 3.05) is 0 Å². The molecule has 3 aromatic rings. The number of benzene rings is 2. The molecule has 3 nitrogen and oxygen atoms in total. The van der Waals surface area contributed by atoms with E-state index >= 15 is 0 Å². The number of phenolic OH excluding ortho intramolecular Hbond substituents is 1. The van der Waals surface area contributed by atoms with Crippen molar-refractivity contribution < 1.29 is 5.11 Å². The summed E-state index contributed by atoms with van der Waals surface area (Å²) < 4.78 is 0. The number of aromatic nitrogens is 1. The number of nitrogens with zero attached hydrogens (tertiary/aromatic N) is 2. The molecule has 22 heavy (non-hydrogen) atoms. The van der Waals surface area contributed by atoms with E-state index in [9.17, 15) is 5.11 Å². The molecule has 5 heteroatoms. The standard InChI is InChI=1S/C17H13ClN2OS/c1-11-20-16(10-22-11)12-2-5-15(6-3-12)19-9-13-8-14(18)4-7-17(13)21/h2-10,21H,1H3. The lowest BCUT2D eigenvalue weighted by Gasteiger charge is -2.00. The molecule has 0 saturated carbocycles. The Morgan fingerprint density at radius 2 is 1.95 bits per heavy atom. The third kappa shape index (κ3) is 3.35. The van der Waals surface area contributed by atoms with Crippen LogP contribution in [-0.4, -0.2) is 16.3 Å². The van der Waals surface area contributed by atoms with Crippen LogP contribution in [0.3, 0.4) is 0 Å². The molecule has 0 saturated heterocycles. The van der Waals surface area contributed by atoms with E-state index in [2.05, 4.69) is 9.98 Å². The van der Waals surface area contributed by atoms with Gasteiger partial charge in [0.25, 0.3) is 0 Å². The number of hydrogen-bond acceptors (Lipinski definition) is 4. The van der Waals surface area contributed by atoms with Gasteiger partial charge in [-0.2, -0.15) is 0 Å². The molecular weight excluding hydrogens is 316 g/mol. The molecule has 0 radical (unpaired) electrons. The average Bonchev–Trinajstić information content (AvgIpc) is 2.95. The van der Waals surface area contributed by atoms with Gasteiger partial charge < -0.3 is 5.11 Å². The molecule has 0 unspecified atom stereocenters. The van der Waals surface area contributed by atoms with Crippen LogP contribution in [0.1, 0.15) is 10.6 Å². The number of aromatic hydroxyl groups is 1. The van der Waals surface area contributed by atoms with E-state index in [4.69, 9.17) is 11.6 Å². The Morgan fingerprint density at radius 1 is 1.18 bits per heavy atom. The molecule has 0 fully saturated rings. The highest BCUT2D eigenvalue weighted by atomic mass is 35.5. The highest BCUT2D eigenvalue weighted by molar-refractivity contribution is 7.09. The Bertz CT molecular complexity index is 825. The lowest BCUT2D eigenvalue weighted by molar-refractivity contribution is 0.474. The first-order valence-corrected chi connectivity index (χ1v) is 7.93. The summed E-state index contributed by atoms with van der Waals surface area (Å²) in [4.78, 5) is 8.81. The highest BCUT2D eigenvalue weighted by Crippen LogP contribution is 2.25. The summed E-state index contributed by atoms with van der Waals surface area (Å²) in [5, 5.41) is 13.4. The van der Waals surface area contributed by atoms with Crippen LogP contribution in [0.15, 0.2) is 52.8 Å². The first kappa shape index (κ1) is 14.8. The quantitative estimate of drug-likeness (QED) is 0.669. The number of thiazole rings is 1. The van der Waals surface area contributed by atoms with Crippen LogP contribution in [0.25, 0.3) is 11.3 Å². The van der Waals surface area contributed by atoms with Gasteiger partial charge in [-0.1, -0.05) is 23.7 Å². The SMILES string of the molecule is Cc1nc(-c2ccc(N=Cc3cc(Cl)ccc3O)cc2)cs1. The first-order valence-electron chi connectivity index (χ1n) is 6.67. The molecule has 0 aliphatic heterocycles. The van der Waals surface area contributed by atoms with Crippen LogP contribution in [-0.2, 0) is 0 Å². The average molecular weight is 329 g/mol. The Hall–Kier alpha value is -2.17. The first-order chi connectivity index (χ1) is 10.6. The predicted octanol–water partition coefficient (Wildman–Crippen LogP) is 5.23. The molecule has 2 aromatic carbocycles. The summed E-state index contributed by atoms with van der Waals surface area (Å²) >= 11 is 7.54. The fraction of sp³-hybridized carbons (Fsp3) is 0.0588. The summed E-state index contributed by atoms with van der Waals surface area (Å²) in [6, 6.07) is 12.7. The zero-order valence-electron chi connectivity index (χ0n) is 11.8. The number of hydrogen-bond donors (Lipinski definition) is 1. The maximum atomic E-state index is 9.75. The number of aryl methyl sites for hydroxylation is 1. The largest absolute Gasteiger partial charge is 0.507 e. The lowest BCUT2D eigenvalue weighted by atomic mass is 10.1. The Balaban J connectivity index is 1.81. The maximum Gasteiger partial charge on any atom is 0.124 e. The van der Waals surface area contributed by atoms with Gasteiger partial charge in [-0.15, -0.1) is 11.3 Å². The van der Waals surface area contributed by atoms with E-state index in [-0.39, 0.29) is 5.75 Å². The monoisotopic (exact) mass is 328 g/mol. The van der Waals surface area contributed by atoms with Crippen LogP contribution in [0, 0.1) is 6.92 Å². The minimum absolute atomic E-state index is 0.155. The second-order valence-corrected chi connectivity index (χ2v) is 6.26. The van der Waals surface area contributed by atoms with Crippen molar-refractivity contribution in [3.8, 4) is 17.0 Å². The number of phenols is 1. The summed E-state index contributed by atoms with van der Waals surface area (Å²) in [6.45, 7) is 1.99. The predicted molar refractivity (Wildman–Crippen MR) is 92.7 cm³/mol. The Morgan fingerprint density at radius 3 is 2.64 bits per heavy atom. The number of aliphatic imine (C=N–C) groups is 1. The topological polar surface area (TPSA) is 45.5 Å². The summed E-state index contributed by atoms with van der Waals surface area (Å²) in [7, 11) is 0. The minimum Gasteiger partial charge on any atom is -0.507 e. The van der Waals surface area contributed by atoms with Gasteiger partial charge in [0, 0.05) is 27.7 Å². The lowest BCUT2D eigenvalue weighted by Crippen LogP contribution is -1.82. The normalized spacial score (nSPS) is 11.2. The number of halogens is 1. The molecule has 110 valence electrons. The maximum absolute atomic E-state index is 9.75. The molecule has 1 aromatic heterocycles. The van der Waals surface area contributed by atoms with E-state index in [1.807, 2.05) is 36.6 Å². The highest BCUT2D eigenvalue weighted by Gasteiger charge is 2.02. The molecule has 0 amide bonds. The zero-order chi connectivity index (χ0) is 15.5. The van der Waals surface area contributed by atoms with Crippen molar-refractivity contribution in [3.63, 3.8) is 0 Å². The van der Waals surface area contributed by atoms with Crippen LogP contribution in [0.4, 0.5) is 5.69 Å². The smallest absolute Gasteiger partial charge is 0.124 e. The Kier molecular flexibility index (Phi) is 4.22. The third-order valence-corrected chi connectivity index (χ3v) is 4.13. The van der Waals surface area contributed by atoms with Gasteiger partial charge in [-0.25, -0.2) is 4.98 Å². The van der Waals surface area contributed by atoms with Gasteiger partial charge in [0.15, 0.2) is 0 Å². The van der Waals surface area contributed by atoms with Crippen molar-refractivity contribution in [1.82, 2.24) is 4.98 Å². The molecule has 1 N–H and O–H groups in total. The van der Waals surface area contributed by atoms with Crippen LogP contribution < -0.4 is 0 Å². The zero-order valence-corrected chi connectivity index (χ0v) is 13.4. The van der Waals surface area contributed by atoms with E-state index in [1.54, 1.807) is 35.8 Å². The van der Waals surface area contributed by atoms with Crippen molar-refractivity contribution in [3.05, 3.63) is 63.4 Å². The fourth-order valence-electron chi connectivity index (χ4n) is 1.99. The molecule has 0 aliphatic rings. The van der Waals surface area contributed by atoms with Gasteiger partial charge in [0.2, 0.25) is 0 Å². The van der Waals surface area contributed by atoms with E-state index < -0.39 is 0 Å². The van der Waals surface area contributed by atoms with Gasteiger partial charge in [0.05, 0.1) is 16.4 Å². The van der Waals surface area contributed by atoms with Crippen LogP contribution >= 0.6 is 22.9 Å². The second kappa shape index (κ2) is 6.30. The van der Waals surface area contributed by atoms with Gasteiger partial charge in [-0.3, -0.25) is 4.99 Å². The summed E-state index contributed by atoms with van der Waals surface area (Å²) in [6.07, 6.45) is 1.60. The van der Waals surface area contributed by atoms with Gasteiger partial charge >= 0.3 is 0 Å². The molecule has 3 rings (SSSR count). The molecule has 0 spiro atoms. The Labute approximate surface area is 137 Å². The molecule has 0 aliphatic carbocycles. The van der Waals surface area contributed by atoms with Crippen molar-refractivity contribution >= 4 is 34.8 Å². The van der Waals surface area contributed by atoms with E-state index in [0.717, 1.165) is 22.0 Å². The van der Waals surface area contributed by atoms with Crippen molar-refractivity contribution in [2.45, 2.75) is 6.92 Å². The van der Waals surface area contributed by atoms with Gasteiger partial charge in [-0.05, 0) is 37.3 Å². The van der Waals surface area contributed by atoms with Gasteiger partial charge in [0.1, 0.15) is 5.75 Å². The number of rotatable bonds is 3. The molecular formula is C17H13ClN2OS. The fourth-order valence-corrected chi connectivity index (χ4v) is 2.79. The summed E-state index contributed by atoms with van der Waals surface area (Å²) in [5.41, 5.74) is 3.43. The summed E-state index contributed by atoms with van der Waals surface area (Å²) in [5.74, 6) is 0.155. The van der Waals surface area contributed by atoms with E-state index in [1.165, 1.54) is 0 Å². The van der Waals surface area contributed by atoms with Crippen LogP contribution in [0.2, 0.25) is 5.02 Å². The van der Waals surface area contributed by atoms with Crippen LogP contribution in [0.5, 0.6) is 5.75 Å². The molecule has 0 atom stereocenters. The molecule has 1 heterocycles. The molecule has 0 bridgehead atoms.